The minimum absolute atomic E-state index is 0.0381. The maximum Gasteiger partial charge on any atom is 0.237 e. The van der Waals surface area contributed by atoms with Gasteiger partial charge in [0, 0.05) is 6.42 Å². The summed E-state index contributed by atoms with van der Waals surface area (Å²) in [5, 5.41) is 3.10. The standard InChI is InChI=1S/C16H24N2O2/c1-3-12-6-8-13(9-7-12)20-14-5-4-10-16(11-14,18-2)15(17)19/h6-9,14,18H,3-5,10-11H2,1-2H3,(H2,17,19). The lowest BCUT2D eigenvalue weighted by molar-refractivity contribution is -0.126. The molecule has 3 N–H and O–H groups in total. The normalized spacial score (nSPS) is 26.2. The Bertz CT molecular complexity index is 458. The van der Waals surface area contributed by atoms with Gasteiger partial charge in [-0.1, -0.05) is 19.1 Å². The molecule has 0 saturated heterocycles. The van der Waals surface area contributed by atoms with E-state index in [0.717, 1.165) is 31.4 Å². The Morgan fingerprint density at radius 3 is 2.70 bits per heavy atom. The molecule has 1 aliphatic carbocycles. The second-order valence-corrected chi connectivity index (χ2v) is 5.53. The van der Waals surface area contributed by atoms with Crippen LogP contribution in [0.3, 0.4) is 0 Å². The largest absolute Gasteiger partial charge is 0.490 e. The lowest BCUT2D eigenvalue weighted by atomic mass is 9.79. The molecule has 4 nitrogen and oxygen atoms in total. The van der Waals surface area contributed by atoms with E-state index < -0.39 is 5.54 Å². The first-order chi connectivity index (χ1) is 9.59. The third-order valence-electron chi connectivity index (χ3n) is 4.29. The summed E-state index contributed by atoms with van der Waals surface area (Å²) in [5.41, 5.74) is 6.22. The molecule has 1 fully saturated rings. The summed E-state index contributed by atoms with van der Waals surface area (Å²) in [6, 6.07) is 8.16. The van der Waals surface area contributed by atoms with Crippen molar-refractivity contribution in [3.05, 3.63) is 29.8 Å². The second kappa shape index (κ2) is 6.27. The number of hydrogen-bond acceptors (Lipinski definition) is 3. The van der Waals surface area contributed by atoms with Crippen LogP contribution < -0.4 is 15.8 Å². The molecule has 0 aromatic heterocycles. The van der Waals surface area contributed by atoms with E-state index in [1.807, 2.05) is 12.1 Å². The van der Waals surface area contributed by atoms with Crippen LogP contribution in [0.1, 0.15) is 38.2 Å². The predicted molar refractivity (Wildman–Crippen MR) is 79.7 cm³/mol. The monoisotopic (exact) mass is 276 g/mol. The number of nitrogens with one attached hydrogen (secondary N) is 1. The molecular formula is C16H24N2O2. The topological polar surface area (TPSA) is 64.3 Å². The molecule has 2 rings (SSSR count). The van der Waals surface area contributed by atoms with Gasteiger partial charge in [0.2, 0.25) is 5.91 Å². The lowest BCUT2D eigenvalue weighted by Crippen LogP contribution is -2.58. The van der Waals surface area contributed by atoms with Crippen LogP contribution in [-0.4, -0.2) is 24.6 Å². The number of carbonyl (C=O) groups excluding carboxylic acids is 1. The molecule has 1 saturated carbocycles. The van der Waals surface area contributed by atoms with Gasteiger partial charge in [-0.25, -0.2) is 0 Å². The van der Waals surface area contributed by atoms with Gasteiger partial charge >= 0.3 is 0 Å². The number of amides is 1. The Balaban J connectivity index is 2.03. The van der Waals surface area contributed by atoms with E-state index in [9.17, 15) is 4.79 Å². The summed E-state index contributed by atoms with van der Waals surface area (Å²) >= 11 is 0. The number of benzene rings is 1. The van der Waals surface area contributed by atoms with Gasteiger partial charge in [-0.15, -0.1) is 0 Å². The van der Waals surface area contributed by atoms with E-state index in [1.165, 1.54) is 5.56 Å². The van der Waals surface area contributed by atoms with Crippen molar-refractivity contribution in [1.82, 2.24) is 5.32 Å². The molecule has 1 aromatic carbocycles. The van der Waals surface area contributed by atoms with Crippen LogP contribution in [0.5, 0.6) is 5.75 Å². The molecule has 1 amide bonds. The van der Waals surface area contributed by atoms with Crippen molar-refractivity contribution < 1.29 is 9.53 Å². The molecule has 0 spiro atoms. The van der Waals surface area contributed by atoms with E-state index in [-0.39, 0.29) is 12.0 Å². The summed E-state index contributed by atoms with van der Waals surface area (Å²) in [4.78, 5) is 11.7. The van der Waals surface area contributed by atoms with Gasteiger partial charge in [-0.05, 0) is 50.4 Å². The number of hydrogen-bond donors (Lipinski definition) is 2. The van der Waals surface area contributed by atoms with Crippen molar-refractivity contribution in [2.75, 3.05) is 7.05 Å². The zero-order chi connectivity index (χ0) is 14.6. The van der Waals surface area contributed by atoms with Crippen LogP contribution >= 0.6 is 0 Å². The van der Waals surface area contributed by atoms with Crippen molar-refractivity contribution in [2.45, 2.75) is 50.7 Å². The molecule has 1 aromatic rings. The van der Waals surface area contributed by atoms with E-state index >= 15 is 0 Å². The molecule has 0 heterocycles. The van der Waals surface area contributed by atoms with Gasteiger partial charge in [0.1, 0.15) is 17.4 Å². The van der Waals surface area contributed by atoms with Crippen molar-refractivity contribution in [3.63, 3.8) is 0 Å². The molecule has 20 heavy (non-hydrogen) atoms. The zero-order valence-electron chi connectivity index (χ0n) is 12.3. The fraction of sp³-hybridized carbons (Fsp3) is 0.562. The predicted octanol–water partition coefficient (Wildman–Crippen LogP) is 2.01. The maximum atomic E-state index is 11.7. The minimum Gasteiger partial charge on any atom is -0.490 e. The van der Waals surface area contributed by atoms with Crippen LogP contribution in [0.4, 0.5) is 0 Å². The lowest BCUT2D eigenvalue weighted by Gasteiger charge is -2.38. The Labute approximate surface area is 120 Å². The van der Waals surface area contributed by atoms with Crippen molar-refractivity contribution in [2.24, 2.45) is 5.73 Å². The highest BCUT2D eigenvalue weighted by Crippen LogP contribution is 2.31. The Morgan fingerprint density at radius 1 is 1.45 bits per heavy atom. The second-order valence-electron chi connectivity index (χ2n) is 5.53. The molecule has 0 aliphatic heterocycles. The number of nitrogens with two attached hydrogens (primary N) is 1. The fourth-order valence-corrected chi connectivity index (χ4v) is 2.90. The van der Waals surface area contributed by atoms with E-state index in [4.69, 9.17) is 10.5 Å². The highest BCUT2D eigenvalue weighted by molar-refractivity contribution is 5.84. The zero-order valence-corrected chi connectivity index (χ0v) is 12.3. The molecule has 4 heteroatoms. The van der Waals surface area contributed by atoms with Crippen molar-refractivity contribution in [3.8, 4) is 5.75 Å². The SMILES string of the molecule is CCc1ccc(OC2CCCC(NC)(C(N)=O)C2)cc1. The first-order valence-electron chi connectivity index (χ1n) is 7.34. The number of rotatable bonds is 5. The summed E-state index contributed by atoms with van der Waals surface area (Å²) < 4.78 is 6.01. The van der Waals surface area contributed by atoms with Gasteiger partial charge in [-0.2, -0.15) is 0 Å². The average Bonchev–Trinajstić information content (AvgIpc) is 2.48. The molecule has 2 atom stereocenters. The van der Waals surface area contributed by atoms with Gasteiger partial charge < -0.3 is 15.8 Å². The average molecular weight is 276 g/mol. The van der Waals surface area contributed by atoms with Gasteiger partial charge in [0.15, 0.2) is 0 Å². The first-order valence-corrected chi connectivity index (χ1v) is 7.34. The Morgan fingerprint density at radius 2 is 2.15 bits per heavy atom. The molecular weight excluding hydrogens is 252 g/mol. The van der Waals surface area contributed by atoms with Crippen LogP contribution in [0.15, 0.2) is 24.3 Å². The summed E-state index contributed by atoms with van der Waals surface area (Å²) in [7, 11) is 1.79. The molecule has 0 bridgehead atoms. The fourth-order valence-electron chi connectivity index (χ4n) is 2.90. The van der Waals surface area contributed by atoms with E-state index in [0.29, 0.717) is 6.42 Å². The molecule has 1 aliphatic rings. The number of primary amides is 1. The third kappa shape index (κ3) is 3.12. The van der Waals surface area contributed by atoms with E-state index in [2.05, 4.69) is 24.4 Å². The Hall–Kier alpha value is -1.55. The number of ether oxygens (including phenoxy) is 1. The van der Waals surface area contributed by atoms with E-state index in [1.54, 1.807) is 7.05 Å². The molecule has 2 unspecified atom stereocenters. The maximum absolute atomic E-state index is 11.7. The minimum atomic E-state index is -0.619. The number of carbonyl (C=O) groups is 1. The van der Waals surface area contributed by atoms with Gasteiger partial charge in [0.25, 0.3) is 0 Å². The Kier molecular flexibility index (Phi) is 4.65. The van der Waals surface area contributed by atoms with Crippen LogP contribution in [0.2, 0.25) is 0 Å². The number of likely N-dealkylation sites (N-methyl/N-ethyl adjacent to an activating group) is 1. The van der Waals surface area contributed by atoms with Gasteiger partial charge in [-0.3, -0.25) is 4.79 Å². The van der Waals surface area contributed by atoms with Crippen LogP contribution in [0.25, 0.3) is 0 Å². The highest BCUT2D eigenvalue weighted by atomic mass is 16.5. The summed E-state index contributed by atoms with van der Waals surface area (Å²) in [6.07, 6.45) is 4.39. The molecule has 110 valence electrons. The molecule has 0 radical (unpaired) electrons. The van der Waals surface area contributed by atoms with Crippen LogP contribution in [0, 0.1) is 0 Å². The smallest absolute Gasteiger partial charge is 0.237 e. The summed E-state index contributed by atoms with van der Waals surface area (Å²) in [5.74, 6) is 0.582. The highest BCUT2D eigenvalue weighted by Gasteiger charge is 2.40. The van der Waals surface area contributed by atoms with Crippen LogP contribution in [-0.2, 0) is 11.2 Å². The quantitative estimate of drug-likeness (QED) is 0.864. The number of aryl methyl sites for hydroxylation is 1. The first kappa shape index (κ1) is 14.9. The van der Waals surface area contributed by atoms with Crippen molar-refractivity contribution in [1.29, 1.82) is 0 Å². The van der Waals surface area contributed by atoms with Crippen molar-refractivity contribution >= 4 is 5.91 Å². The third-order valence-corrected chi connectivity index (χ3v) is 4.29. The summed E-state index contributed by atoms with van der Waals surface area (Å²) in [6.45, 7) is 2.13. The van der Waals surface area contributed by atoms with Gasteiger partial charge in [0.05, 0.1) is 0 Å².